The Bertz CT molecular complexity index is 608. The van der Waals surface area contributed by atoms with Crippen molar-refractivity contribution in [1.29, 1.82) is 0 Å². The van der Waals surface area contributed by atoms with E-state index in [0.717, 1.165) is 18.7 Å². The molecule has 0 spiro atoms. The number of nitrogens with zero attached hydrogens (tertiary/aromatic N) is 1. The lowest BCUT2D eigenvalue weighted by Crippen LogP contribution is -2.41. The van der Waals surface area contributed by atoms with Gasteiger partial charge in [0.25, 0.3) is 0 Å². The topological polar surface area (TPSA) is 61.4 Å². The average Bonchev–Trinajstić information content (AvgIpc) is 3.08. The molecule has 1 aromatic carbocycles. The molecular formula is C15H17Cl2N3O2. The van der Waals surface area contributed by atoms with Crippen molar-refractivity contribution < 1.29 is 9.59 Å². The SMILES string of the molecule is O=C1CC(C(=O)NC2CCN(c3ccc(Cl)cc3Cl)C2)CN1. The van der Waals surface area contributed by atoms with E-state index in [1.807, 2.05) is 12.1 Å². The highest BCUT2D eigenvalue weighted by Crippen LogP contribution is 2.31. The Morgan fingerprint density at radius 1 is 1.36 bits per heavy atom. The molecule has 3 rings (SSSR count). The zero-order chi connectivity index (χ0) is 15.7. The molecule has 0 radical (unpaired) electrons. The van der Waals surface area contributed by atoms with Gasteiger partial charge >= 0.3 is 0 Å². The van der Waals surface area contributed by atoms with E-state index in [4.69, 9.17) is 23.2 Å². The predicted molar refractivity (Wildman–Crippen MR) is 86.3 cm³/mol. The lowest BCUT2D eigenvalue weighted by atomic mass is 10.1. The number of benzene rings is 1. The van der Waals surface area contributed by atoms with Crippen molar-refractivity contribution in [1.82, 2.24) is 10.6 Å². The number of carbonyl (C=O) groups is 2. The van der Waals surface area contributed by atoms with Crippen LogP contribution in [0.25, 0.3) is 0 Å². The molecule has 2 aliphatic rings. The van der Waals surface area contributed by atoms with E-state index in [1.165, 1.54) is 0 Å². The molecule has 2 aliphatic heterocycles. The van der Waals surface area contributed by atoms with Gasteiger partial charge in [-0.15, -0.1) is 0 Å². The maximum atomic E-state index is 12.1. The zero-order valence-corrected chi connectivity index (χ0v) is 13.5. The first-order valence-corrected chi connectivity index (χ1v) is 8.05. The van der Waals surface area contributed by atoms with E-state index in [1.54, 1.807) is 6.07 Å². The lowest BCUT2D eigenvalue weighted by Gasteiger charge is -2.21. The largest absolute Gasteiger partial charge is 0.368 e. The number of amides is 2. The van der Waals surface area contributed by atoms with E-state index in [9.17, 15) is 9.59 Å². The molecular weight excluding hydrogens is 325 g/mol. The number of rotatable bonds is 3. The molecule has 0 aromatic heterocycles. The Hall–Kier alpha value is -1.46. The first-order valence-electron chi connectivity index (χ1n) is 7.30. The monoisotopic (exact) mass is 341 g/mol. The summed E-state index contributed by atoms with van der Waals surface area (Å²) in [4.78, 5) is 25.4. The number of halogens is 2. The van der Waals surface area contributed by atoms with Gasteiger partial charge in [0.1, 0.15) is 0 Å². The fourth-order valence-corrected chi connectivity index (χ4v) is 3.47. The van der Waals surface area contributed by atoms with Crippen molar-refractivity contribution in [3.05, 3.63) is 28.2 Å². The summed E-state index contributed by atoms with van der Waals surface area (Å²) in [6.07, 6.45) is 1.14. The van der Waals surface area contributed by atoms with Crippen LogP contribution in [0.15, 0.2) is 18.2 Å². The highest BCUT2D eigenvalue weighted by Gasteiger charge is 2.31. The molecule has 2 atom stereocenters. The molecule has 5 nitrogen and oxygen atoms in total. The van der Waals surface area contributed by atoms with Crippen LogP contribution in [0.3, 0.4) is 0 Å². The lowest BCUT2D eigenvalue weighted by molar-refractivity contribution is -0.127. The van der Waals surface area contributed by atoms with Crippen LogP contribution in [0.5, 0.6) is 0 Å². The van der Waals surface area contributed by atoms with Gasteiger partial charge in [0, 0.05) is 37.1 Å². The molecule has 2 N–H and O–H groups in total. The van der Waals surface area contributed by atoms with Gasteiger partial charge in [-0.05, 0) is 24.6 Å². The second-order valence-corrected chi connectivity index (χ2v) is 6.58. The normalized spacial score (nSPS) is 24.5. The minimum atomic E-state index is -0.249. The van der Waals surface area contributed by atoms with Crippen LogP contribution < -0.4 is 15.5 Å². The third-order valence-electron chi connectivity index (χ3n) is 4.13. The molecule has 22 heavy (non-hydrogen) atoms. The van der Waals surface area contributed by atoms with Gasteiger partial charge in [-0.3, -0.25) is 9.59 Å². The molecule has 118 valence electrons. The molecule has 0 saturated carbocycles. The molecule has 2 amide bonds. The van der Waals surface area contributed by atoms with Crippen molar-refractivity contribution in [2.24, 2.45) is 5.92 Å². The standard InChI is InChI=1S/C15H17Cl2N3O2/c16-10-1-2-13(12(17)6-10)20-4-3-11(8-20)19-15(22)9-5-14(21)18-7-9/h1-2,6,9,11H,3-5,7-8H2,(H,18,21)(H,19,22). The quantitative estimate of drug-likeness (QED) is 0.881. The Kier molecular flexibility index (Phi) is 4.45. The summed E-state index contributed by atoms with van der Waals surface area (Å²) < 4.78 is 0. The Labute approximate surface area is 138 Å². The second-order valence-electron chi connectivity index (χ2n) is 5.74. The van der Waals surface area contributed by atoms with Crippen molar-refractivity contribution in [2.45, 2.75) is 18.9 Å². The minimum absolute atomic E-state index is 0.0487. The van der Waals surface area contributed by atoms with Gasteiger partial charge in [-0.2, -0.15) is 0 Å². The fourth-order valence-electron chi connectivity index (χ4n) is 2.94. The second kappa shape index (κ2) is 6.34. The highest BCUT2D eigenvalue weighted by molar-refractivity contribution is 6.36. The summed E-state index contributed by atoms with van der Waals surface area (Å²) in [6, 6.07) is 5.51. The number of anilines is 1. The zero-order valence-electron chi connectivity index (χ0n) is 11.9. The molecule has 2 fully saturated rings. The molecule has 1 aromatic rings. The van der Waals surface area contributed by atoms with Gasteiger partial charge in [-0.25, -0.2) is 0 Å². The molecule has 7 heteroatoms. The predicted octanol–water partition coefficient (Wildman–Crippen LogP) is 1.82. The summed E-state index contributed by atoms with van der Waals surface area (Å²) in [5.41, 5.74) is 0.931. The number of hydrogen-bond donors (Lipinski definition) is 2. The van der Waals surface area contributed by atoms with Gasteiger partial charge in [0.15, 0.2) is 0 Å². The summed E-state index contributed by atoms with van der Waals surface area (Å²) in [6.45, 7) is 1.97. The van der Waals surface area contributed by atoms with Crippen LogP contribution >= 0.6 is 23.2 Å². The van der Waals surface area contributed by atoms with E-state index < -0.39 is 0 Å². The van der Waals surface area contributed by atoms with Crippen LogP contribution in [-0.2, 0) is 9.59 Å². The van der Waals surface area contributed by atoms with Gasteiger partial charge < -0.3 is 15.5 Å². The Morgan fingerprint density at radius 3 is 2.86 bits per heavy atom. The van der Waals surface area contributed by atoms with Crippen molar-refractivity contribution in [3.8, 4) is 0 Å². The highest BCUT2D eigenvalue weighted by atomic mass is 35.5. The smallest absolute Gasteiger partial charge is 0.225 e. The van der Waals surface area contributed by atoms with E-state index >= 15 is 0 Å². The van der Waals surface area contributed by atoms with Crippen LogP contribution in [-0.4, -0.2) is 37.5 Å². The molecule has 2 saturated heterocycles. The first-order chi connectivity index (χ1) is 10.5. The fraction of sp³-hybridized carbons (Fsp3) is 0.467. The van der Waals surface area contributed by atoms with Crippen LogP contribution in [0.2, 0.25) is 10.0 Å². The minimum Gasteiger partial charge on any atom is -0.368 e. The number of carbonyl (C=O) groups excluding carboxylic acids is 2. The van der Waals surface area contributed by atoms with Gasteiger partial charge in [-0.1, -0.05) is 23.2 Å². The summed E-state index contributed by atoms with van der Waals surface area (Å²) in [7, 11) is 0. The Morgan fingerprint density at radius 2 is 2.18 bits per heavy atom. The third kappa shape index (κ3) is 3.31. The van der Waals surface area contributed by atoms with E-state index in [0.29, 0.717) is 23.1 Å². The van der Waals surface area contributed by atoms with Crippen LogP contribution in [0.4, 0.5) is 5.69 Å². The molecule has 2 unspecified atom stereocenters. The molecule has 0 bridgehead atoms. The summed E-state index contributed by atoms with van der Waals surface area (Å²) in [5, 5.41) is 6.94. The molecule has 0 aliphatic carbocycles. The van der Waals surface area contributed by atoms with Gasteiger partial charge in [0.05, 0.1) is 16.6 Å². The van der Waals surface area contributed by atoms with Crippen molar-refractivity contribution >= 4 is 40.7 Å². The number of hydrogen-bond acceptors (Lipinski definition) is 3. The van der Waals surface area contributed by atoms with Crippen molar-refractivity contribution in [2.75, 3.05) is 24.5 Å². The van der Waals surface area contributed by atoms with Crippen LogP contribution in [0.1, 0.15) is 12.8 Å². The van der Waals surface area contributed by atoms with Crippen LogP contribution in [0, 0.1) is 5.92 Å². The third-order valence-corrected chi connectivity index (χ3v) is 4.67. The first kappa shape index (κ1) is 15.4. The van der Waals surface area contributed by atoms with E-state index in [2.05, 4.69) is 15.5 Å². The maximum Gasteiger partial charge on any atom is 0.225 e. The van der Waals surface area contributed by atoms with Gasteiger partial charge in [0.2, 0.25) is 11.8 Å². The summed E-state index contributed by atoms with van der Waals surface area (Å²) >= 11 is 12.1. The van der Waals surface area contributed by atoms with E-state index in [-0.39, 0.29) is 30.2 Å². The van der Waals surface area contributed by atoms with Crippen molar-refractivity contribution in [3.63, 3.8) is 0 Å². The average molecular weight is 342 g/mol. The molecule has 2 heterocycles. The Balaban J connectivity index is 1.58. The number of nitrogens with one attached hydrogen (secondary N) is 2. The summed E-state index contributed by atoms with van der Waals surface area (Å²) in [5.74, 6) is -0.353. The maximum absolute atomic E-state index is 12.1.